The molecular formula is C24H20N4O6S. The summed E-state index contributed by atoms with van der Waals surface area (Å²) in [5, 5.41) is 21.6. The van der Waals surface area contributed by atoms with Crippen LogP contribution in [0.1, 0.15) is 21.6 Å². The number of aromatic hydroxyl groups is 1. The van der Waals surface area contributed by atoms with E-state index in [1.807, 2.05) is 24.3 Å². The largest absolute Gasteiger partial charge is 0.502 e. The minimum Gasteiger partial charge on any atom is -0.502 e. The third-order valence-electron chi connectivity index (χ3n) is 6.01. The van der Waals surface area contributed by atoms with E-state index in [-0.39, 0.29) is 16.5 Å². The second-order valence-electron chi connectivity index (χ2n) is 8.19. The molecule has 2 heterocycles. The Labute approximate surface area is 200 Å². The lowest BCUT2D eigenvalue weighted by Crippen LogP contribution is -2.35. The molecule has 0 radical (unpaired) electrons. The van der Waals surface area contributed by atoms with Crippen molar-refractivity contribution in [3.8, 4) is 5.75 Å². The molecule has 0 aliphatic carbocycles. The fraction of sp³-hybridized carbons (Fsp3) is 0.125. The summed E-state index contributed by atoms with van der Waals surface area (Å²) in [5.74, 6) is -0.793. The number of nitro groups is 1. The van der Waals surface area contributed by atoms with E-state index >= 15 is 0 Å². The number of anilines is 1. The maximum absolute atomic E-state index is 13.1. The number of phenolic OH excluding ortho intramolecular Hbond substituents is 1. The molecule has 3 N–H and O–H groups in total. The maximum atomic E-state index is 13.1. The predicted molar refractivity (Wildman–Crippen MR) is 129 cm³/mol. The molecule has 1 aromatic heterocycles. The first-order valence-corrected chi connectivity index (χ1v) is 12.2. The number of benzene rings is 3. The number of rotatable bonds is 5. The third kappa shape index (κ3) is 4.17. The molecule has 0 atom stereocenters. The highest BCUT2D eigenvalue weighted by Gasteiger charge is 2.25. The van der Waals surface area contributed by atoms with Crippen molar-refractivity contribution in [1.82, 2.24) is 9.88 Å². The highest BCUT2D eigenvalue weighted by Crippen LogP contribution is 2.30. The Morgan fingerprint density at radius 1 is 1.09 bits per heavy atom. The summed E-state index contributed by atoms with van der Waals surface area (Å²) in [6, 6.07) is 16.8. The van der Waals surface area contributed by atoms with Crippen LogP contribution < -0.4 is 4.72 Å². The monoisotopic (exact) mass is 492 g/mol. The van der Waals surface area contributed by atoms with Crippen LogP contribution in [0.3, 0.4) is 0 Å². The zero-order valence-corrected chi connectivity index (χ0v) is 19.1. The van der Waals surface area contributed by atoms with Crippen molar-refractivity contribution in [3.63, 3.8) is 0 Å². The molecule has 1 aliphatic rings. The number of phenols is 1. The van der Waals surface area contributed by atoms with Crippen LogP contribution in [0.25, 0.3) is 10.9 Å². The van der Waals surface area contributed by atoms with Gasteiger partial charge in [-0.05, 0) is 42.5 Å². The first-order chi connectivity index (χ1) is 16.7. The zero-order valence-electron chi connectivity index (χ0n) is 18.3. The van der Waals surface area contributed by atoms with E-state index in [4.69, 9.17) is 0 Å². The number of aromatic amines is 1. The van der Waals surface area contributed by atoms with Crippen LogP contribution in [0.2, 0.25) is 0 Å². The molecule has 1 amide bonds. The summed E-state index contributed by atoms with van der Waals surface area (Å²) in [5.41, 5.74) is 3.17. The van der Waals surface area contributed by atoms with Gasteiger partial charge >= 0.3 is 5.69 Å². The van der Waals surface area contributed by atoms with E-state index in [1.165, 1.54) is 24.3 Å². The number of hydrogen-bond donors (Lipinski definition) is 3. The quantitative estimate of drug-likeness (QED) is 0.285. The Morgan fingerprint density at radius 3 is 2.57 bits per heavy atom. The number of nitrogens with one attached hydrogen (secondary N) is 2. The number of amides is 1. The van der Waals surface area contributed by atoms with Crippen molar-refractivity contribution in [2.45, 2.75) is 17.9 Å². The Bertz CT molecular complexity index is 1580. The summed E-state index contributed by atoms with van der Waals surface area (Å²) < 4.78 is 27.7. The van der Waals surface area contributed by atoms with Crippen molar-refractivity contribution < 1.29 is 23.2 Å². The minimum absolute atomic E-state index is 0.163. The molecule has 0 saturated carbocycles. The summed E-state index contributed by atoms with van der Waals surface area (Å²) in [7, 11) is -4.15. The number of carbonyl (C=O) groups excluding carboxylic acids is 1. The van der Waals surface area contributed by atoms with E-state index in [0.29, 0.717) is 25.1 Å². The molecule has 0 saturated heterocycles. The standard InChI is InChI=1S/C24H20N4O6S/c29-23-10-9-17(13-22(23)28(31)32)35(33,34)26-16-7-5-15(6-8-16)24(30)27-12-11-21-19(14-27)18-3-1-2-4-20(18)25-21/h1-10,13,25-26,29H,11-12,14H2. The predicted octanol–water partition coefficient (Wildman–Crippen LogP) is 3.78. The molecule has 178 valence electrons. The normalized spacial score (nSPS) is 13.4. The van der Waals surface area contributed by atoms with Gasteiger partial charge in [-0.15, -0.1) is 0 Å². The van der Waals surface area contributed by atoms with Crippen LogP contribution in [0.15, 0.2) is 71.6 Å². The van der Waals surface area contributed by atoms with Crippen LogP contribution in [0.5, 0.6) is 5.75 Å². The highest BCUT2D eigenvalue weighted by molar-refractivity contribution is 7.92. The van der Waals surface area contributed by atoms with Crippen molar-refractivity contribution in [2.75, 3.05) is 11.3 Å². The van der Waals surface area contributed by atoms with Crippen molar-refractivity contribution >= 4 is 38.2 Å². The van der Waals surface area contributed by atoms with Crippen LogP contribution >= 0.6 is 0 Å². The van der Waals surface area contributed by atoms with Crippen LogP contribution in [-0.4, -0.2) is 40.8 Å². The van der Waals surface area contributed by atoms with Gasteiger partial charge in [0, 0.05) is 59.0 Å². The lowest BCUT2D eigenvalue weighted by atomic mass is 10.0. The van der Waals surface area contributed by atoms with Crippen LogP contribution in [0.4, 0.5) is 11.4 Å². The van der Waals surface area contributed by atoms with Gasteiger partial charge in [0.15, 0.2) is 5.75 Å². The van der Waals surface area contributed by atoms with Gasteiger partial charge in [-0.2, -0.15) is 0 Å². The van der Waals surface area contributed by atoms with Crippen LogP contribution in [0, 0.1) is 10.1 Å². The van der Waals surface area contributed by atoms with Crippen LogP contribution in [-0.2, 0) is 23.0 Å². The molecule has 11 heteroatoms. The summed E-state index contributed by atoms with van der Waals surface area (Å²) in [4.78, 5) is 28.0. The van der Waals surface area contributed by atoms with Crippen molar-refractivity contribution in [1.29, 1.82) is 0 Å². The van der Waals surface area contributed by atoms with Gasteiger partial charge in [0.1, 0.15) is 0 Å². The number of carbonyl (C=O) groups is 1. The smallest absolute Gasteiger partial charge is 0.312 e. The SMILES string of the molecule is O=C(c1ccc(NS(=O)(=O)c2ccc(O)c([N+](=O)[O-])c2)cc1)N1CCc2[nH]c3ccccc3c2C1. The number of sulfonamides is 1. The molecule has 0 spiro atoms. The molecule has 1 aliphatic heterocycles. The Balaban J connectivity index is 1.32. The number of aromatic nitrogens is 1. The first-order valence-electron chi connectivity index (χ1n) is 10.7. The molecule has 0 unspecified atom stereocenters. The number of hydrogen-bond acceptors (Lipinski definition) is 6. The molecule has 10 nitrogen and oxygen atoms in total. The second kappa shape index (κ2) is 8.44. The van der Waals surface area contributed by atoms with E-state index in [9.17, 15) is 28.4 Å². The molecular weight excluding hydrogens is 472 g/mol. The second-order valence-corrected chi connectivity index (χ2v) is 9.88. The summed E-state index contributed by atoms with van der Waals surface area (Å²) in [6.45, 7) is 1.04. The van der Waals surface area contributed by atoms with Gasteiger partial charge < -0.3 is 15.0 Å². The van der Waals surface area contributed by atoms with E-state index < -0.39 is 26.4 Å². The van der Waals surface area contributed by atoms with E-state index in [0.717, 1.165) is 40.4 Å². The maximum Gasteiger partial charge on any atom is 0.312 e. The lowest BCUT2D eigenvalue weighted by molar-refractivity contribution is -0.386. The fourth-order valence-electron chi connectivity index (χ4n) is 4.23. The lowest BCUT2D eigenvalue weighted by Gasteiger charge is -2.27. The molecule has 0 fully saturated rings. The number of H-pyrrole nitrogens is 1. The van der Waals surface area contributed by atoms with Gasteiger partial charge in [-0.1, -0.05) is 18.2 Å². The van der Waals surface area contributed by atoms with Crippen molar-refractivity contribution in [3.05, 3.63) is 93.7 Å². The summed E-state index contributed by atoms with van der Waals surface area (Å²) >= 11 is 0. The van der Waals surface area contributed by atoms with Gasteiger partial charge in [0.05, 0.1) is 9.82 Å². The van der Waals surface area contributed by atoms with E-state index in [1.54, 1.807) is 4.90 Å². The average molecular weight is 493 g/mol. The number of fused-ring (bicyclic) bond motifs is 3. The van der Waals surface area contributed by atoms with Gasteiger partial charge in [0.2, 0.25) is 0 Å². The average Bonchev–Trinajstić information content (AvgIpc) is 3.22. The third-order valence-corrected chi connectivity index (χ3v) is 7.39. The Kier molecular flexibility index (Phi) is 5.40. The number of nitrogens with zero attached hydrogens (tertiary/aromatic N) is 2. The molecule has 5 rings (SSSR count). The molecule has 4 aromatic rings. The van der Waals surface area contributed by atoms with Crippen molar-refractivity contribution in [2.24, 2.45) is 0 Å². The van der Waals surface area contributed by atoms with E-state index in [2.05, 4.69) is 9.71 Å². The Hall–Kier alpha value is -4.38. The molecule has 0 bridgehead atoms. The Morgan fingerprint density at radius 2 is 1.83 bits per heavy atom. The number of nitro benzene ring substituents is 1. The summed E-state index contributed by atoms with van der Waals surface area (Å²) in [6.07, 6.45) is 0.715. The van der Waals surface area contributed by atoms with Gasteiger partial charge in [0.25, 0.3) is 15.9 Å². The molecule has 35 heavy (non-hydrogen) atoms. The van der Waals surface area contributed by atoms with Gasteiger partial charge in [-0.25, -0.2) is 8.42 Å². The zero-order chi connectivity index (χ0) is 24.7. The fourth-order valence-corrected chi connectivity index (χ4v) is 5.31. The minimum atomic E-state index is -4.15. The molecule has 3 aromatic carbocycles. The first kappa shape index (κ1) is 22.4. The number of para-hydroxylation sites is 1. The highest BCUT2D eigenvalue weighted by atomic mass is 32.2. The van der Waals surface area contributed by atoms with Gasteiger partial charge in [-0.3, -0.25) is 19.6 Å². The topological polar surface area (TPSA) is 146 Å².